The molecule has 0 saturated carbocycles. The van der Waals surface area contributed by atoms with E-state index in [-0.39, 0.29) is 0 Å². The van der Waals surface area contributed by atoms with E-state index >= 15 is 0 Å². The Morgan fingerprint density at radius 3 is 2.79 bits per heavy atom. The zero-order valence-electron chi connectivity index (χ0n) is 13.8. The molecule has 0 bridgehead atoms. The Morgan fingerprint density at radius 1 is 1.25 bits per heavy atom. The average Bonchev–Trinajstić information content (AvgIpc) is 2.55. The van der Waals surface area contributed by atoms with Crippen molar-refractivity contribution in [3.8, 4) is 5.75 Å². The van der Waals surface area contributed by atoms with Crippen LogP contribution in [0.25, 0.3) is 0 Å². The zero-order chi connectivity index (χ0) is 17.4. The first-order chi connectivity index (χ1) is 11.6. The van der Waals surface area contributed by atoms with Gasteiger partial charge in [0.05, 0.1) is 12.1 Å². The molecular weight excluding hydrogens is 360 g/mol. The third-order valence-electron chi connectivity index (χ3n) is 3.29. The number of rotatable bonds is 7. The number of thiocarbonyl (C=S) groups is 1. The van der Waals surface area contributed by atoms with Gasteiger partial charge in [-0.3, -0.25) is 0 Å². The molecule has 0 radical (unpaired) electrons. The Bertz CT molecular complexity index is 694. The van der Waals surface area contributed by atoms with Crippen LogP contribution in [0.1, 0.15) is 11.1 Å². The molecule has 0 aliphatic carbocycles. The highest BCUT2D eigenvalue weighted by molar-refractivity contribution is 7.98. The molecule has 0 saturated heterocycles. The van der Waals surface area contributed by atoms with E-state index in [9.17, 15) is 0 Å². The molecule has 2 aromatic carbocycles. The lowest BCUT2D eigenvalue weighted by Gasteiger charge is -2.11. The van der Waals surface area contributed by atoms with Crippen molar-refractivity contribution in [1.29, 1.82) is 0 Å². The first-order valence-corrected chi connectivity index (χ1v) is 9.54. The number of hydrogen-bond acceptors (Lipinski definition) is 3. The lowest BCUT2D eigenvalue weighted by molar-refractivity contribution is 0.415. The van der Waals surface area contributed by atoms with Gasteiger partial charge in [-0.25, -0.2) is 0 Å². The first-order valence-electron chi connectivity index (χ1n) is 7.60. The van der Waals surface area contributed by atoms with Crippen LogP contribution >= 0.6 is 35.6 Å². The van der Waals surface area contributed by atoms with Gasteiger partial charge in [0.25, 0.3) is 0 Å². The Kier molecular flexibility index (Phi) is 7.69. The Hall–Kier alpha value is -1.43. The van der Waals surface area contributed by atoms with Crippen molar-refractivity contribution in [1.82, 2.24) is 5.32 Å². The number of aryl methyl sites for hydroxylation is 1. The Balaban J connectivity index is 1.67. The SMILES string of the molecule is COc1ccc(NC(=S)NCCSCc2cccc(C)c2)cc1Cl. The van der Waals surface area contributed by atoms with Gasteiger partial charge in [-0.15, -0.1) is 0 Å². The smallest absolute Gasteiger partial charge is 0.170 e. The van der Waals surface area contributed by atoms with Gasteiger partial charge >= 0.3 is 0 Å². The van der Waals surface area contributed by atoms with Crippen molar-refractivity contribution in [3.63, 3.8) is 0 Å². The number of halogens is 1. The summed E-state index contributed by atoms with van der Waals surface area (Å²) in [5.41, 5.74) is 3.49. The van der Waals surface area contributed by atoms with Crippen LogP contribution in [0.5, 0.6) is 5.75 Å². The molecule has 0 unspecified atom stereocenters. The largest absolute Gasteiger partial charge is 0.495 e. The standard InChI is InChI=1S/C18H21ClN2OS2/c1-13-4-3-5-14(10-13)12-24-9-8-20-18(23)21-15-6-7-17(22-2)16(19)11-15/h3-7,10-11H,8-9,12H2,1-2H3,(H2,20,21,23). The molecule has 128 valence electrons. The number of ether oxygens (including phenoxy) is 1. The summed E-state index contributed by atoms with van der Waals surface area (Å²) in [4.78, 5) is 0. The second-order valence-electron chi connectivity index (χ2n) is 5.27. The van der Waals surface area contributed by atoms with E-state index in [1.165, 1.54) is 11.1 Å². The van der Waals surface area contributed by atoms with Crippen LogP contribution in [0.2, 0.25) is 5.02 Å². The lowest BCUT2D eigenvalue weighted by Crippen LogP contribution is -2.30. The van der Waals surface area contributed by atoms with Crippen molar-refractivity contribution in [3.05, 3.63) is 58.6 Å². The highest BCUT2D eigenvalue weighted by Crippen LogP contribution is 2.27. The number of methoxy groups -OCH3 is 1. The normalized spacial score (nSPS) is 10.3. The van der Waals surface area contributed by atoms with E-state index in [1.807, 2.05) is 23.9 Å². The predicted molar refractivity (Wildman–Crippen MR) is 110 cm³/mol. The summed E-state index contributed by atoms with van der Waals surface area (Å²) < 4.78 is 5.13. The minimum Gasteiger partial charge on any atom is -0.495 e. The molecule has 0 aromatic heterocycles. The molecule has 0 spiro atoms. The lowest BCUT2D eigenvalue weighted by atomic mass is 10.2. The summed E-state index contributed by atoms with van der Waals surface area (Å²) in [5.74, 6) is 2.64. The highest BCUT2D eigenvalue weighted by atomic mass is 35.5. The maximum atomic E-state index is 6.10. The van der Waals surface area contributed by atoms with Crippen molar-refractivity contribution >= 4 is 46.4 Å². The summed E-state index contributed by atoms with van der Waals surface area (Å²) in [6.07, 6.45) is 0. The fraction of sp³-hybridized carbons (Fsp3) is 0.278. The molecule has 0 amide bonds. The second-order valence-corrected chi connectivity index (χ2v) is 7.19. The number of thioether (sulfide) groups is 1. The summed E-state index contributed by atoms with van der Waals surface area (Å²) in [7, 11) is 1.59. The number of anilines is 1. The number of hydrogen-bond donors (Lipinski definition) is 2. The van der Waals surface area contributed by atoms with Crippen LogP contribution in [0.3, 0.4) is 0 Å². The maximum absolute atomic E-state index is 6.10. The van der Waals surface area contributed by atoms with Gasteiger partial charge in [-0.05, 0) is 42.9 Å². The third-order valence-corrected chi connectivity index (χ3v) is 4.86. The van der Waals surface area contributed by atoms with Crippen molar-refractivity contribution in [2.24, 2.45) is 0 Å². The molecule has 0 fully saturated rings. The molecule has 2 rings (SSSR count). The van der Waals surface area contributed by atoms with Crippen LogP contribution in [0, 0.1) is 6.92 Å². The monoisotopic (exact) mass is 380 g/mol. The van der Waals surface area contributed by atoms with Gasteiger partial charge in [0, 0.05) is 23.7 Å². The molecule has 2 aromatic rings. The molecule has 24 heavy (non-hydrogen) atoms. The summed E-state index contributed by atoms with van der Waals surface area (Å²) in [6.45, 7) is 2.93. The van der Waals surface area contributed by atoms with Gasteiger partial charge in [0.15, 0.2) is 5.11 Å². The minimum atomic E-state index is 0.555. The predicted octanol–water partition coefficient (Wildman–Crippen LogP) is 4.88. The molecule has 0 aliphatic rings. The molecule has 2 N–H and O–H groups in total. The van der Waals surface area contributed by atoms with Gasteiger partial charge in [0.1, 0.15) is 5.75 Å². The number of benzene rings is 2. The molecular formula is C18H21ClN2OS2. The van der Waals surface area contributed by atoms with E-state index in [2.05, 4.69) is 41.8 Å². The zero-order valence-corrected chi connectivity index (χ0v) is 16.2. The van der Waals surface area contributed by atoms with Crippen LogP contribution < -0.4 is 15.4 Å². The quantitative estimate of drug-likeness (QED) is 0.528. The molecule has 0 heterocycles. The van der Waals surface area contributed by atoms with Crippen molar-refractivity contribution in [2.45, 2.75) is 12.7 Å². The van der Waals surface area contributed by atoms with E-state index in [0.29, 0.717) is 15.9 Å². The number of nitrogens with one attached hydrogen (secondary N) is 2. The van der Waals surface area contributed by atoms with Gasteiger partial charge in [-0.2, -0.15) is 11.8 Å². The van der Waals surface area contributed by atoms with Crippen LogP contribution in [0.4, 0.5) is 5.69 Å². The maximum Gasteiger partial charge on any atom is 0.170 e. The van der Waals surface area contributed by atoms with Gasteiger partial charge in [0.2, 0.25) is 0 Å². The summed E-state index contributed by atoms with van der Waals surface area (Å²) in [6, 6.07) is 14.1. The van der Waals surface area contributed by atoms with Crippen molar-refractivity contribution < 1.29 is 4.74 Å². The van der Waals surface area contributed by atoms with Crippen LogP contribution in [-0.2, 0) is 5.75 Å². The topological polar surface area (TPSA) is 33.3 Å². The molecule has 0 atom stereocenters. The Morgan fingerprint density at radius 2 is 2.08 bits per heavy atom. The van der Waals surface area contributed by atoms with E-state index in [0.717, 1.165) is 23.7 Å². The summed E-state index contributed by atoms with van der Waals surface area (Å²) >= 11 is 13.3. The fourth-order valence-corrected chi connectivity index (χ4v) is 3.43. The minimum absolute atomic E-state index is 0.555. The average molecular weight is 381 g/mol. The van der Waals surface area contributed by atoms with Crippen LogP contribution in [0.15, 0.2) is 42.5 Å². The van der Waals surface area contributed by atoms with E-state index < -0.39 is 0 Å². The van der Waals surface area contributed by atoms with Gasteiger partial charge < -0.3 is 15.4 Å². The van der Waals surface area contributed by atoms with E-state index in [1.54, 1.807) is 13.2 Å². The third kappa shape index (κ3) is 6.23. The van der Waals surface area contributed by atoms with E-state index in [4.69, 9.17) is 28.6 Å². The molecule has 0 aliphatic heterocycles. The first kappa shape index (κ1) is 18.9. The highest BCUT2D eigenvalue weighted by Gasteiger charge is 2.03. The molecule has 3 nitrogen and oxygen atoms in total. The van der Waals surface area contributed by atoms with Crippen LogP contribution in [-0.4, -0.2) is 24.5 Å². The van der Waals surface area contributed by atoms with Crippen molar-refractivity contribution in [2.75, 3.05) is 24.7 Å². The fourth-order valence-electron chi connectivity index (χ4n) is 2.15. The van der Waals surface area contributed by atoms with Gasteiger partial charge in [-0.1, -0.05) is 41.4 Å². The molecule has 6 heteroatoms. The summed E-state index contributed by atoms with van der Waals surface area (Å²) in [5, 5.41) is 7.47. The second kappa shape index (κ2) is 9.77. The Labute approximate surface area is 158 Å².